The molecule has 0 aliphatic rings. The molecule has 0 saturated carbocycles. The lowest BCUT2D eigenvalue weighted by Gasteiger charge is -2.04. The summed E-state index contributed by atoms with van der Waals surface area (Å²) >= 11 is 5.82. The number of aryl methyl sites for hydroxylation is 1. The Bertz CT molecular complexity index is 245. The van der Waals surface area contributed by atoms with Gasteiger partial charge in [-0.1, -0.05) is 17.7 Å². The molecule has 0 saturated heterocycles. The molecule has 1 aromatic rings. The second kappa shape index (κ2) is 3.74. The Morgan fingerprint density at radius 1 is 1.45 bits per heavy atom. The van der Waals surface area contributed by atoms with Crippen LogP contribution in [0.4, 0.5) is 0 Å². The Labute approximate surface area is 72.4 Å². The lowest BCUT2D eigenvalue weighted by atomic mass is 10.1. The van der Waals surface area contributed by atoms with Crippen LogP contribution in [0.2, 0.25) is 5.02 Å². The fraction of sp³-hybridized carbons (Fsp3) is 0.333. The van der Waals surface area contributed by atoms with E-state index < -0.39 is 0 Å². The van der Waals surface area contributed by atoms with E-state index in [1.165, 1.54) is 11.1 Å². The molecule has 0 heterocycles. The highest BCUT2D eigenvalue weighted by Gasteiger charge is 1.96. The first-order valence-corrected chi connectivity index (χ1v) is 4.01. The summed E-state index contributed by atoms with van der Waals surface area (Å²) in [4.78, 5) is 0. The van der Waals surface area contributed by atoms with E-state index in [9.17, 15) is 0 Å². The summed E-state index contributed by atoms with van der Waals surface area (Å²) in [5, 5.41) is 3.90. The quantitative estimate of drug-likeness (QED) is 0.717. The molecule has 1 aromatic carbocycles. The number of nitrogens with one attached hydrogen (secondary N) is 1. The predicted molar refractivity (Wildman–Crippen MR) is 49.0 cm³/mol. The summed E-state index contributed by atoms with van der Waals surface area (Å²) in [6.45, 7) is 2.97. The number of hydrogen-bond acceptors (Lipinski definition) is 1. The molecule has 60 valence electrons. The van der Waals surface area contributed by atoms with Gasteiger partial charge < -0.3 is 5.32 Å². The maximum absolute atomic E-state index is 5.82. The highest BCUT2D eigenvalue weighted by molar-refractivity contribution is 6.30. The molecule has 1 nitrogen and oxygen atoms in total. The molecule has 1 rings (SSSR count). The summed E-state index contributed by atoms with van der Waals surface area (Å²) < 4.78 is 0. The summed E-state index contributed by atoms with van der Waals surface area (Å²) in [6, 6.07) is 5.94. The molecule has 0 aliphatic heterocycles. The largest absolute Gasteiger partial charge is 0.316 e. The van der Waals surface area contributed by atoms with E-state index in [4.69, 9.17) is 11.6 Å². The molecule has 0 bridgehead atoms. The van der Waals surface area contributed by atoms with Gasteiger partial charge in [-0.05, 0) is 37.2 Å². The van der Waals surface area contributed by atoms with Crippen LogP contribution in [-0.2, 0) is 6.54 Å². The molecule has 0 radical (unpaired) electrons. The van der Waals surface area contributed by atoms with E-state index in [1.807, 2.05) is 25.2 Å². The van der Waals surface area contributed by atoms with Gasteiger partial charge in [0.2, 0.25) is 0 Å². The Morgan fingerprint density at radius 2 is 2.18 bits per heavy atom. The van der Waals surface area contributed by atoms with Crippen molar-refractivity contribution in [2.75, 3.05) is 7.05 Å². The Hall–Kier alpha value is -0.530. The monoisotopic (exact) mass is 169 g/mol. The zero-order valence-electron chi connectivity index (χ0n) is 6.82. The molecule has 11 heavy (non-hydrogen) atoms. The molecule has 0 spiro atoms. The van der Waals surface area contributed by atoms with E-state index >= 15 is 0 Å². The molecule has 0 aliphatic carbocycles. The molecule has 0 amide bonds. The third kappa shape index (κ3) is 2.21. The van der Waals surface area contributed by atoms with E-state index in [0.717, 1.165) is 11.6 Å². The molecular weight excluding hydrogens is 158 g/mol. The van der Waals surface area contributed by atoms with Gasteiger partial charge in [-0.25, -0.2) is 0 Å². The zero-order valence-corrected chi connectivity index (χ0v) is 7.57. The number of halogens is 1. The Balaban J connectivity index is 2.93. The van der Waals surface area contributed by atoms with Crippen LogP contribution in [0, 0.1) is 6.92 Å². The minimum atomic E-state index is 0.806. The first-order chi connectivity index (χ1) is 5.24. The maximum atomic E-state index is 5.82. The lowest BCUT2D eigenvalue weighted by molar-refractivity contribution is 0.812. The normalized spacial score (nSPS) is 10.1. The summed E-state index contributed by atoms with van der Waals surface area (Å²) in [6.07, 6.45) is 0. The highest BCUT2D eigenvalue weighted by atomic mass is 35.5. The van der Waals surface area contributed by atoms with Gasteiger partial charge in [0.15, 0.2) is 0 Å². The second-order valence-corrected chi connectivity index (χ2v) is 3.04. The average Bonchev–Trinajstić information content (AvgIpc) is 1.98. The molecule has 1 N–H and O–H groups in total. The summed E-state index contributed by atoms with van der Waals surface area (Å²) in [7, 11) is 1.93. The minimum Gasteiger partial charge on any atom is -0.316 e. The standard InChI is InChI=1S/C9H12ClN/c1-7-3-4-9(10)5-8(7)6-11-2/h3-5,11H,6H2,1-2H3. The van der Waals surface area contributed by atoms with E-state index in [-0.39, 0.29) is 0 Å². The van der Waals surface area contributed by atoms with Crippen LogP contribution in [0.25, 0.3) is 0 Å². The van der Waals surface area contributed by atoms with Crippen molar-refractivity contribution in [1.29, 1.82) is 0 Å². The third-order valence-corrected chi connectivity index (χ3v) is 1.91. The lowest BCUT2D eigenvalue weighted by Crippen LogP contribution is -2.06. The van der Waals surface area contributed by atoms with E-state index in [1.54, 1.807) is 0 Å². The fourth-order valence-electron chi connectivity index (χ4n) is 1.02. The van der Waals surface area contributed by atoms with Crippen LogP contribution in [0.1, 0.15) is 11.1 Å². The third-order valence-electron chi connectivity index (χ3n) is 1.68. The number of rotatable bonds is 2. The van der Waals surface area contributed by atoms with Crippen LogP contribution in [0.15, 0.2) is 18.2 Å². The number of hydrogen-bond donors (Lipinski definition) is 1. The summed E-state index contributed by atoms with van der Waals surface area (Å²) in [5.74, 6) is 0. The molecule has 0 aromatic heterocycles. The summed E-state index contributed by atoms with van der Waals surface area (Å²) in [5.41, 5.74) is 2.55. The van der Waals surface area contributed by atoms with Gasteiger partial charge in [0.25, 0.3) is 0 Å². The molecule has 0 atom stereocenters. The zero-order chi connectivity index (χ0) is 8.27. The van der Waals surface area contributed by atoms with Gasteiger partial charge in [0.1, 0.15) is 0 Å². The SMILES string of the molecule is CNCc1cc(Cl)ccc1C. The Kier molecular flexibility index (Phi) is 2.92. The second-order valence-electron chi connectivity index (χ2n) is 2.60. The maximum Gasteiger partial charge on any atom is 0.0409 e. The van der Waals surface area contributed by atoms with Crippen molar-refractivity contribution < 1.29 is 0 Å². The van der Waals surface area contributed by atoms with Crippen molar-refractivity contribution in [1.82, 2.24) is 5.32 Å². The van der Waals surface area contributed by atoms with E-state index in [0.29, 0.717) is 0 Å². The fourth-order valence-corrected chi connectivity index (χ4v) is 1.22. The molecule has 0 unspecified atom stereocenters. The first-order valence-electron chi connectivity index (χ1n) is 3.63. The van der Waals surface area contributed by atoms with Crippen LogP contribution >= 0.6 is 11.6 Å². The Morgan fingerprint density at radius 3 is 2.82 bits per heavy atom. The van der Waals surface area contributed by atoms with Crippen molar-refractivity contribution in [2.24, 2.45) is 0 Å². The van der Waals surface area contributed by atoms with E-state index in [2.05, 4.69) is 12.2 Å². The topological polar surface area (TPSA) is 12.0 Å². The van der Waals surface area contributed by atoms with Crippen LogP contribution in [-0.4, -0.2) is 7.05 Å². The smallest absolute Gasteiger partial charge is 0.0409 e. The van der Waals surface area contributed by atoms with Crippen LogP contribution in [0.5, 0.6) is 0 Å². The van der Waals surface area contributed by atoms with Gasteiger partial charge in [-0.2, -0.15) is 0 Å². The van der Waals surface area contributed by atoms with Crippen LogP contribution in [0.3, 0.4) is 0 Å². The molecule has 0 fully saturated rings. The van der Waals surface area contributed by atoms with Crippen molar-refractivity contribution in [2.45, 2.75) is 13.5 Å². The van der Waals surface area contributed by atoms with Crippen LogP contribution < -0.4 is 5.32 Å². The van der Waals surface area contributed by atoms with Crippen molar-refractivity contribution >= 4 is 11.6 Å². The average molecular weight is 170 g/mol. The predicted octanol–water partition coefficient (Wildman–Crippen LogP) is 2.37. The molecule has 2 heteroatoms. The highest BCUT2D eigenvalue weighted by Crippen LogP contribution is 2.14. The van der Waals surface area contributed by atoms with Gasteiger partial charge in [-0.15, -0.1) is 0 Å². The number of benzene rings is 1. The minimum absolute atomic E-state index is 0.806. The first kappa shape index (κ1) is 8.57. The van der Waals surface area contributed by atoms with Crippen molar-refractivity contribution in [3.05, 3.63) is 34.3 Å². The van der Waals surface area contributed by atoms with Gasteiger partial charge >= 0.3 is 0 Å². The van der Waals surface area contributed by atoms with Gasteiger partial charge in [0, 0.05) is 11.6 Å². The molecular formula is C9H12ClN. The van der Waals surface area contributed by atoms with Gasteiger partial charge in [0.05, 0.1) is 0 Å². The van der Waals surface area contributed by atoms with Crippen molar-refractivity contribution in [3.63, 3.8) is 0 Å². The van der Waals surface area contributed by atoms with Crippen molar-refractivity contribution in [3.8, 4) is 0 Å². The van der Waals surface area contributed by atoms with Gasteiger partial charge in [-0.3, -0.25) is 0 Å².